The highest BCUT2D eigenvalue weighted by Gasteiger charge is 2.31. The lowest BCUT2D eigenvalue weighted by Crippen LogP contribution is -2.39. The third kappa shape index (κ3) is 3.62. The summed E-state index contributed by atoms with van der Waals surface area (Å²) in [5, 5.41) is 5.82. The molecule has 0 spiro atoms. The lowest BCUT2D eigenvalue weighted by Gasteiger charge is -2.14. The van der Waals surface area contributed by atoms with Crippen LogP contribution in [0.2, 0.25) is 5.02 Å². The second-order valence-electron chi connectivity index (χ2n) is 6.53. The van der Waals surface area contributed by atoms with Gasteiger partial charge < -0.3 is 10.1 Å². The number of rotatable bonds is 4. The minimum Gasteiger partial charge on any atom is -0.495 e. The maximum Gasteiger partial charge on any atom is 0.243 e. The summed E-state index contributed by atoms with van der Waals surface area (Å²) in [6.07, 6.45) is 0.642. The topological polar surface area (TPSA) is 62.4 Å². The van der Waals surface area contributed by atoms with Crippen LogP contribution in [-0.4, -0.2) is 19.1 Å². The number of carbonyl (C=O) groups excluding carboxylic acids is 1. The van der Waals surface area contributed by atoms with E-state index < -0.39 is 0 Å². The van der Waals surface area contributed by atoms with E-state index in [1.807, 2.05) is 18.2 Å². The first-order valence-electron chi connectivity index (χ1n) is 8.79. The number of hydrogen-bond acceptors (Lipinski definition) is 4. The van der Waals surface area contributed by atoms with Crippen molar-refractivity contribution in [3.63, 3.8) is 0 Å². The van der Waals surface area contributed by atoms with Crippen LogP contribution in [-0.2, 0) is 4.79 Å². The summed E-state index contributed by atoms with van der Waals surface area (Å²) in [4.78, 5) is 12.7. The van der Waals surface area contributed by atoms with Crippen molar-refractivity contribution in [2.75, 3.05) is 12.4 Å². The molecule has 1 heterocycles. The molecule has 1 fully saturated rings. The van der Waals surface area contributed by atoms with Crippen LogP contribution in [0.3, 0.4) is 0 Å². The maximum absolute atomic E-state index is 12.7. The average Bonchev–Trinajstić information content (AvgIpc) is 3.18. The second-order valence-corrected chi connectivity index (χ2v) is 6.97. The number of anilines is 1. The maximum atomic E-state index is 12.7. The summed E-state index contributed by atoms with van der Waals surface area (Å²) in [5.41, 5.74) is 8.10. The van der Waals surface area contributed by atoms with Crippen molar-refractivity contribution in [3.8, 4) is 5.75 Å². The Labute approximate surface area is 162 Å². The van der Waals surface area contributed by atoms with Crippen molar-refractivity contribution in [1.29, 1.82) is 0 Å². The average molecular weight is 382 g/mol. The highest BCUT2D eigenvalue weighted by molar-refractivity contribution is 6.31. The number of benzene rings is 3. The van der Waals surface area contributed by atoms with E-state index in [2.05, 4.69) is 40.4 Å². The molecule has 6 heteroatoms. The van der Waals surface area contributed by atoms with Gasteiger partial charge in [0.05, 0.1) is 12.8 Å². The Bertz CT molecular complexity index is 987. The van der Waals surface area contributed by atoms with Gasteiger partial charge in [-0.25, -0.2) is 10.9 Å². The van der Waals surface area contributed by atoms with Crippen LogP contribution in [0.5, 0.6) is 5.75 Å². The number of nitrogens with one attached hydrogen (secondary N) is 3. The van der Waals surface area contributed by atoms with Gasteiger partial charge in [0, 0.05) is 11.1 Å². The van der Waals surface area contributed by atoms with Gasteiger partial charge in [-0.2, -0.15) is 0 Å². The van der Waals surface area contributed by atoms with Crippen LogP contribution in [0.4, 0.5) is 5.69 Å². The summed E-state index contributed by atoms with van der Waals surface area (Å²) < 4.78 is 5.29. The number of fused-ring (bicyclic) bond motifs is 1. The van der Waals surface area contributed by atoms with Crippen molar-refractivity contribution in [3.05, 3.63) is 71.2 Å². The smallest absolute Gasteiger partial charge is 0.243 e. The van der Waals surface area contributed by atoms with Gasteiger partial charge in [-0.1, -0.05) is 54.1 Å². The third-order valence-electron chi connectivity index (χ3n) is 4.84. The number of hydrogen-bond donors (Lipinski definition) is 3. The van der Waals surface area contributed by atoms with Crippen LogP contribution in [0, 0.1) is 0 Å². The molecule has 2 unspecified atom stereocenters. The summed E-state index contributed by atoms with van der Waals surface area (Å²) in [6, 6.07) is 19.3. The number of carbonyl (C=O) groups is 1. The minimum atomic E-state index is -0.363. The van der Waals surface area contributed by atoms with Crippen molar-refractivity contribution in [2.24, 2.45) is 0 Å². The number of halogens is 1. The Kier molecular flexibility index (Phi) is 4.99. The Balaban J connectivity index is 1.51. The molecular formula is C21H20ClN3O2. The zero-order valence-corrected chi connectivity index (χ0v) is 15.6. The van der Waals surface area contributed by atoms with E-state index in [1.165, 1.54) is 16.3 Å². The number of hydrazine groups is 1. The highest BCUT2D eigenvalue weighted by atomic mass is 35.5. The molecule has 3 N–H and O–H groups in total. The quantitative estimate of drug-likeness (QED) is 0.638. The van der Waals surface area contributed by atoms with Gasteiger partial charge >= 0.3 is 0 Å². The monoisotopic (exact) mass is 381 g/mol. The van der Waals surface area contributed by atoms with E-state index in [-0.39, 0.29) is 18.0 Å². The molecule has 4 rings (SSSR count). The largest absolute Gasteiger partial charge is 0.495 e. The van der Waals surface area contributed by atoms with Gasteiger partial charge in [-0.05, 0) is 41.0 Å². The standard InChI is InChI=1S/C21H20ClN3O2/c1-27-20-10-9-14(22)11-18(20)23-21(26)19-12-17(24-25-19)16-8-4-6-13-5-2-3-7-15(13)16/h2-11,17,19,24-25H,12H2,1H3,(H,23,26). The highest BCUT2D eigenvalue weighted by Crippen LogP contribution is 2.31. The molecule has 27 heavy (non-hydrogen) atoms. The zero-order valence-electron chi connectivity index (χ0n) is 14.8. The molecule has 1 amide bonds. The lowest BCUT2D eigenvalue weighted by atomic mass is 9.96. The van der Waals surface area contributed by atoms with Crippen molar-refractivity contribution >= 4 is 34.0 Å². The van der Waals surface area contributed by atoms with Crippen molar-refractivity contribution in [1.82, 2.24) is 10.9 Å². The Morgan fingerprint density at radius 3 is 2.78 bits per heavy atom. The molecule has 1 aliphatic rings. The Morgan fingerprint density at radius 2 is 1.93 bits per heavy atom. The molecule has 0 radical (unpaired) electrons. The molecular weight excluding hydrogens is 362 g/mol. The van der Waals surface area contributed by atoms with Crippen molar-refractivity contribution in [2.45, 2.75) is 18.5 Å². The predicted octanol–water partition coefficient (Wildman–Crippen LogP) is 4.05. The Hall–Kier alpha value is -2.60. The first-order chi connectivity index (χ1) is 13.2. The molecule has 138 valence electrons. The summed E-state index contributed by atoms with van der Waals surface area (Å²) in [5.74, 6) is 0.440. The number of ether oxygens (including phenoxy) is 1. The van der Waals surface area contributed by atoms with Crippen LogP contribution < -0.4 is 20.9 Å². The fraction of sp³-hybridized carbons (Fsp3) is 0.190. The van der Waals surface area contributed by atoms with Gasteiger partial charge in [-0.3, -0.25) is 4.79 Å². The molecule has 3 aromatic carbocycles. The number of amides is 1. The van der Waals surface area contributed by atoms with Crippen molar-refractivity contribution < 1.29 is 9.53 Å². The summed E-state index contributed by atoms with van der Waals surface area (Å²) >= 11 is 6.04. The Morgan fingerprint density at radius 1 is 1.11 bits per heavy atom. The van der Waals surface area contributed by atoms with Crippen LogP contribution in [0.15, 0.2) is 60.7 Å². The lowest BCUT2D eigenvalue weighted by molar-refractivity contribution is -0.117. The minimum absolute atomic E-state index is 0.0492. The molecule has 0 aliphatic carbocycles. The molecule has 1 saturated heterocycles. The zero-order chi connectivity index (χ0) is 18.8. The molecule has 0 saturated carbocycles. The second kappa shape index (κ2) is 7.56. The van der Waals surface area contributed by atoms with E-state index in [0.29, 0.717) is 22.9 Å². The predicted molar refractivity (Wildman–Crippen MR) is 108 cm³/mol. The van der Waals surface area contributed by atoms with E-state index in [0.717, 1.165) is 0 Å². The molecule has 0 bridgehead atoms. The van der Waals surface area contributed by atoms with Gasteiger partial charge in [0.25, 0.3) is 0 Å². The normalized spacial score (nSPS) is 19.2. The first kappa shape index (κ1) is 17.8. The fourth-order valence-corrected chi connectivity index (χ4v) is 3.66. The fourth-order valence-electron chi connectivity index (χ4n) is 3.48. The van der Waals surface area contributed by atoms with Crippen LogP contribution in [0.1, 0.15) is 18.0 Å². The third-order valence-corrected chi connectivity index (χ3v) is 5.07. The SMILES string of the molecule is COc1ccc(Cl)cc1NC(=O)C1CC(c2cccc3ccccc23)NN1. The molecule has 3 aromatic rings. The van der Waals surface area contributed by atoms with Gasteiger partial charge in [0.2, 0.25) is 5.91 Å². The van der Waals surface area contributed by atoms with Crippen LogP contribution in [0.25, 0.3) is 10.8 Å². The molecule has 5 nitrogen and oxygen atoms in total. The van der Waals surface area contributed by atoms with Crippen LogP contribution >= 0.6 is 11.6 Å². The number of methoxy groups -OCH3 is 1. The van der Waals surface area contributed by atoms with E-state index in [4.69, 9.17) is 16.3 Å². The van der Waals surface area contributed by atoms with E-state index >= 15 is 0 Å². The van der Waals surface area contributed by atoms with Gasteiger partial charge in [-0.15, -0.1) is 0 Å². The van der Waals surface area contributed by atoms with E-state index in [9.17, 15) is 4.79 Å². The molecule has 0 aromatic heterocycles. The first-order valence-corrected chi connectivity index (χ1v) is 9.16. The molecule has 2 atom stereocenters. The summed E-state index contributed by atoms with van der Waals surface area (Å²) in [7, 11) is 1.56. The molecule has 1 aliphatic heterocycles. The summed E-state index contributed by atoms with van der Waals surface area (Å²) in [6.45, 7) is 0. The van der Waals surface area contributed by atoms with Gasteiger partial charge in [0.1, 0.15) is 11.8 Å². The van der Waals surface area contributed by atoms with E-state index in [1.54, 1.807) is 25.3 Å². The van der Waals surface area contributed by atoms with Gasteiger partial charge in [0.15, 0.2) is 0 Å².